The van der Waals surface area contributed by atoms with Crippen LogP contribution >= 0.6 is 0 Å². The summed E-state index contributed by atoms with van der Waals surface area (Å²) in [5.41, 5.74) is 6.25. The molecule has 0 aliphatic heterocycles. The van der Waals surface area contributed by atoms with Crippen molar-refractivity contribution in [3.8, 4) is 0 Å². The first-order chi connectivity index (χ1) is 6.99. The van der Waals surface area contributed by atoms with E-state index in [0.717, 1.165) is 6.42 Å². The molecule has 0 radical (unpaired) electrons. The molecule has 0 aromatic rings. The van der Waals surface area contributed by atoms with Crippen LogP contribution in [0.15, 0.2) is 0 Å². The van der Waals surface area contributed by atoms with Gasteiger partial charge in [-0.15, -0.1) is 0 Å². The second-order valence-corrected chi connectivity index (χ2v) is 7.07. The molecule has 0 saturated heterocycles. The molecule has 0 fully saturated rings. The molecule has 96 valence electrons. The number of hydrogen-bond donors (Lipinski definition) is 2. The van der Waals surface area contributed by atoms with Crippen LogP contribution in [0.1, 0.15) is 54.4 Å². The minimum atomic E-state index is -0.0417. The van der Waals surface area contributed by atoms with Gasteiger partial charge in [0.1, 0.15) is 0 Å². The number of nitrogens with one attached hydrogen (secondary N) is 1. The Labute approximate surface area is 100 Å². The second-order valence-electron chi connectivity index (χ2n) is 7.07. The van der Waals surface area contributed by atoms with E-state index in [1.165, 1.54) is 0 Å². The molecule has 3 nitrogen and oxygen atoms in total. The van der Waals surface area contributed by atoms with Crippen molar-refractivity contribution in [1.29, 1.82) is 0 Å². The molecule has 0 rings (SSSR count). The van der Waals surface area contributed by atoms with Crippen LogP contribution in [-0.2, 0) is 4.79 Å². The van der Waals surface area contributed by atoms with Crippen molar-refractivity contribution in [2.45, 2.75) is 60.4 Å². The van der Waals surface area contributed by atoms with Gasteiger partial charge in [-0.2, -0.15) is 0 Å². The summed E-state index contributed by atoms with van der Waals surface area (Å²) in [5, 5.41) is 2.92. The van der Waals surface area contributed by atoms with E-state index >= 15 is 0 Å². The van der Waals surface area contributed by atoms with Gasteiger partial charge in [-0.05, 0) is 17.3 Å². The second kappa shape index (κ2) is 5.67. The highest BCUT2D eigenvalue weighted by atomic mass is 16.1. The normalized spacial score (nSPS) is 14.7. The molecular weight excluding hydrogens is 200 g/mol. The summed E-state index contributed by atoms with van der Waals surface area (Å²) < 4.78 is 0. The third-order valence-electron chi connectivity index (χ3n) is 2.14. The highest BCUT2D eigenvalue weighted by molar-refractivity contribution is 5.76. The molecule has 0 aromatic heterocycles. The van der Waals surface area contributed by atoms with Crippen LogP contribution in [0.4, 0.5) is 0 Å². The first-order valence-corrected chi connectivity index (χ1v) is 6.02. The van der Waals surface area contributed by atoms with E-state index in [1.54, 1.807) is 0 Å². The van der Waals surface area contributed by atoms with Gasteiger partial charge in [0.2, 0.25) is 5.91 Å². The number of carbonyl (C=O) groups excluding carboxylic acids is 1. The summed E-state index contributed by atoms with van der Waals surface area (Å²) in [6.45, 7) is 13.4. The summed E-state index contributed by atoms with van der Waals surface area (Å²) in [4.78, 5) is 11.6. The van der Waals surface area contributed by atoms with Gasteiger partial charge < -0.3 is 11.1 Å². The number of nitrogens with two attached hydrogens (primary N) is 1. The molecule has 0 aromatic carbocycles. The van der Waals surface area contributed by atoms with Gasteiger partial charge in [0.05, 0.1) is 0 Å². The molecule has 0 aliphatic carbocycles. The highest BCUT2D eigenvalue weighted by Crippen LogP contribution is 2.21. The van der Waals surface area contributed by atoms with Crippen LogP contribution in [0.5, 0.6) is 0 Å². The molecule has 3 heteroatoms. The molecule has 16 heavy (non-hydrogen) atoms. The molecule has 0 spiro atoms. The largest absolute Gasteiger partial charge is 0.356 e. The molecular formula is C13H28N2O. The number of amides is 1. The van der Waals surface area contributed by atoms with Gasteiger partial charge in [-0.25, -0.2) is 0 Å². The molecule has 1 unspecified atom stereocenters. The molecule has 0 saturated carbocycles. The van der Waals surface area contributed by atoms with Gasteiger partial charge >= 0.3 is 0 Å². The van der Waals surface area contributed by atoms with E-state index in [9.17, 15) is 4.79 Å². The first-order valence-electron chi connectivity index (χ1n) is 6.02. The summed E-state index contributed by atoms with van der Waals surface area (Å²) in [6.07, 6.45) is 1.29. The van der Waals surface area contributed by atoms with Crippen molar-refractivity contribution in [2.24, 2.45) is 16.6 Å². The lowest BCUT2D eigenvalue weighted by Gasteiger charge is -2.24. The predicted molar refractivity (Wildman–Crippen MR) is 69.1 cm³/mol. The van der Waals surface area contributed by atoms with Crippen molar-refractivity contribution in [1.82, 2.24) is 5.32 Å². The maximum atomic E-state index is 11.6. The summed E-state index contributed by atoms with van der Waals surface area (Å²) in [5.74, 6) is 0.0617. The van der Waals surface area contributed by atoms with Crippen molar-refractivity contribution in [2.75, 3.05) is 6.54 Å². The molecule has 1 atom stereocenters. The lowest BCUT2D eigenvalue weighted by atomic mass is 9.87. The van der Waals surface area contributed by atoms with Gasteiger partial charge in [0.15, 0.2) is 0 Å². The quantitative estimate of drug-likeness (QED) is 0.775. The third-order valence-corrected chi connectivity index (χ3v) is 2.14. The average molecular weight is 228 g/mol. The average Bonchev–Trinajstić information content (AvgIpc) is 1.95. The third kappa shape index (κ3) is 9.97. The van der Waals surface area contributed by atoms with E-state index in [1.807, 2.05) is 0 Å². The lowest BCUT2D eigenvalue weighted by Crippen LogP contribution is -2.37. The Morgan fingerprint density at radius 2 is 1.62 bits per heavy atom. The standard InChI is InChI=1S/C13H28N2O/c1-12(2,3)8-10(14)7-11(16)15-9-13(4,5)6/h10H,7-9,14H2,1-6H3,(H,15,16). The van der Waals surface area contributed by atoms with Crippen molar-refractivity contribution >= 4 is 5.91 Å². The maximum absolute atomic E-state index is 11.6. The van der Waals surface area contributed by atoms with Gasteiger partial charge in [0.25, 0.3) is 0 Å². The van der Waals surface area contributed by atoms with Crippen molar-refractivity contribution < 1.29 is 4.79 Å². The Morgan fingerprint density at radius 3 is 2.00 bits per heavy atom. The zero-order valence-corrected chi connectivity index (χ0v) is 11.7. The zero-order chi connectivity index (χ0) is 13.0. The van der Waals surface area contributed by atoms with Crippen LogP contribution in [0.2, 0.25) is 0 Å². The highest BCUT2D eigenvalue weighted by Gasteiger charge is 2.19. The summed E-state index contributed by atoms with van der Waals surface area (Å²) in [6, 6.07) is -0.0417. The SMILES string of the molecule is CC(C)(C)CNC(=O)CC(N)CC(C)(C)C. The van der Waals surface area contributed by atoms with E-state index in [4.69, 9.17) is 5.73 Å². The zero-order valence-electron chi connectivity index (χ0n) is 11.7. The number of rotatable bonds is 4. The van der Waals surface area contributed by atoms with Crippen LogP contribution in [0.25, 0.3) is 0 Å². The predicted octanol–water partition coefficient (Wildman–Crippen LogP) is 2.30. The van der Waals surface area contributed by atoms with Crippen LogP contribution in [0, 0.1) is 10.8 Å². The summed E-state index contributed by atoms with van der Waals surface area (Å²) >= 11 is 0. The first kappa shape index (κ1) is 15.4. The Kier molecular flexibility index (Phi) is 5.47. The topological polar surface area (TPSA) is 55.1 Å². The van der Waals surface area contributed by atoms with Crippen LogP contribution in [0.3, 0.4) is 0 Å². The van der Waals surface area contributed by atoms with Crippen LogP contribution in [-0.4, -0.2) is 18.5 Å². The van der Waals surface area contributed by atoms with Crippen molar-refractivity contribution in [3.63, 3.8) is 0 Å². The van der Waals surface area contributed by atoms with Crippen LogP contribution < -0.4 is 11.1 Å². The Hall–Kier alpha value is -0.570. The van der Waals surface area contributed by atoms with Gasteiger partial charge in [-0.1, -0.05) is 41.5 Å². The fourth-order valence-corrected chi connectivity index (χ4v) is 1.53. The van der Waals surface area contributed by atoms with Crippen molar-refractivity contribution in [3.05, 3.63) is 0 Å². The Balaban J connectivity index is 3.88. The van der Waals surface area contributed by atoms with E-state index in [-0.39, 0.29) is 22.8 Å². The van der Waals surface area contributed by atoms with Gasteiger partial charge in [-0.3, -0.25) is 4.79 Å². The maximum Gasteiger partial charge on any atom is 0.221 e. The Morgan fingerprint density at radius 1 is 1.12 bits per heavy atom. The molecule has 0 aliphatic rings. The fourth-order valence-electron chi connectivity index (χ4n) is 1.53. The Bertz CT molecular complexity index is 223. The van der Waals surface area contributed by atoms with Gasteiger partial charge in [0, 0.05) is 19.0 Å². The number of carbonyl (C=O) groups is 1. The fraction of sp³-hybridized carbons (Fsp3) is 0.923. The minimum Gasteiger partial charge on any atom is -0.356 e. The molecule has 3 N–H and O–H groups in total. The monoisotopic (exact) mass is 228 g/mol. The summed E-state index contributed by atoms with van der Waals surface area (Å²) in [7, 11) is 0. The van der Waals surface area contributed by atoms with E-state index in [2.05, 4.69) is 46.9 Å². The smallest absolute Gasteiger partial charge is 0.221 e. The van der Waals surface area contributed by atoms with E-state index < -0.39 is 0 Å². The lowest BCUT2D eigenvalue weighted by molar-refractivity contribution is -0.121. The minimum absolute atomic E-state index is 0.0417. The molecule has 0 heterocycles. The number of hydrogen-bond acceptors (Lipinski definition) is 2. The molecule has 0 bridgehead atoms. The van der Waals surface area contributed by atoms with E-state index in [0.29, 0.717) is 13.0 Å². The molecule has 1 amide bonds.